The fourth-order valence-corrected chi connectivity index (χ4v) is 1.60. The summed E-state index contributed by atoms with van der Waals surface area (Å²) in [6.45, 7) is 0. The SMILES string of the molecule is CN(C)c1cccc(Oc2nc(Cl)ncc2[N+](=O)[O-])c1. The molecule has 0 fully saturated rings. The van der Waals surface area contributed by atoms with E-state index in [0.29, 0.717) is 5.75 Å². The first-order chi connectivity index (χ1) is 9.47. The zero-order valence-electron chi connectivity index (χ0n) is 10.8. The zero-order chi connectivity index (χ0) is 14.7. The van der Waals surface area contributed by atoms with Crippen molar-refractivity contribution < 1.29 is 9.66 Å². The van der Waals surface area contributed by atoms with Crippen LogP contribution in [0.1, 0.15) is 0 Å². The number of ether oxygens (including phenoxy) is 1. The molecule has 7 nitrogen and oxygen atoms in total. The second-order valence-corrected chi connectivity index (χ2v) is 4.42. The summed E-state index contributed by atoms with van der Waals surface area (Å²) in [5.74, 6) is 0.236. The highest BCUT2D eigenvalue weighted by Crippen LogP contribution is 2.30. The monoisotopic (exact) mass is 294 g/mol. The Balaban J connectivity index is 2.36. The zero-order valence-corrected chi connectivity index (χ0v) is 11.5. The van der Waals surface area contributed by atoms with E-state index in [0.717, 1.165) is 11.9 Å². The number of rotatable bonds is 4. The fourth-order valence-electron chi connectivity index (χ4n) is 1.48. The van der Waals surface area contributed by atoms with Crippen LogP contribution >= 0.6 is 11.6 Å². The molecule has 0 amide bonds. The number of hydrogen-bond acceptors (Lipinski definition) is 6. The first kappa shape index (κ1) is 14.0. The standard InChI is InChI=1S/C12H11ClN4O3/c1-16(2)8-4-3-5-9(6-8)20-11-10(17(18)19)7-14-12(13)15-11/h3-7H,1-2H3. The molecule has 0 unspecified atom stereocenters. The minimum absolute atomic E-state index is 0.116. The molecule has 0 aliphatic rings. The average Bonchev–Trinajstić information content (AvgIpc) is 2.38. The molecule has 8 heteroatoms. The third-order valence-corrected chi connectivity index (χ3v) is 2.63. The van der Waals surface area contributed by atoms with Crippen LogP contribution in [-0.4, -0.2) is 29.0 Å². The lowest BCUT2D eigenvalue weighted by Gasteiger charge is -2.13. The van der Waals surface area contributed by atoms with Crippen molar-refractivity contribution in [2.45, 2.75) is 0 Å². The van der Waals surface area contributed by atoms with Crippen LogP contribution in [0.25, 0.3) is 0 Å². The highest BCUT2D eigenvalue weighted by Gasteiger charge is 2.19. The van der Waals surface area contributed by atoms with Gasteiger partial charge in [-0.25, -0.2) is 4.98 Å². The van der Waals surface area contributed by atoms with Crippen LogP contribution in [0.5, 0.6) is 11.6 Å². The van der Waals surface area contributed by atoms with Crippen LogP contribution in [0.3, 0.4) is 0 Å². The minimum atomic E-state index is -0.624. The summed E-state index contributed by atoms with van der Waals surface area (Å²) in [5, 5.41) is 10.8. The van der Waals surface area contributed by atoms with Crippen molar-refractivity contribution in [2.75, 3.05) is 19.0 Å². The third kappa shape index (κ3) is 3.12. The molecule has 1 aromatic heterocycles. The van der Waals surface area contributed by atoms with E-state index in [1.807, 2.05) is 25.1 Å². The topological polar surface area (TPSA) is 81.4 Å². The Hall–Kier alpha value is -2.41. The van der Waals surface area contributed by atoms with Gasteiger partial charge in [-0.2, -0.15) is 4.98 Å². The summed E-state index contributed by atoms with van der Waals surface area (Å²) in [4.78, 5) is 19.5. The molecule has 1 heterocycles. The van der Waals surface area contributed by atoms with E-state index < -0.39 is 4.92 Å². The predicted octanol–water partition coefficient (Wildman–Crippen LogP) is 2.90. The van der Waals surface area contributed by atoms with Crippen LogP contribution in [0, 0.1) is 10.1 Å². The van der Waals surface area contributed by atoms with Gasteiger partial charge >= 0.3 is 11.6 Å². The molecule has 0 N–H and O–H groups in total. The lowest BCUT2D eigenvalue weighted by Crippen LogP contribution is -2.08. The molecule has 0 radical (unpaired) electrons. The van der Waals surface area contributed by atoms with Crippen molar-refractivity contribution in [2.24, 2.45) is 0 Å². The number of nitro groups is 1. The average molecular weight is 295 g/mol. The molecular formula is C12H11ClN4O3. The minimum Gasteiger partial charge on any atom is -0.433 e. The number of anilines is 1. The molecule has 2 rings (SSSR count). The van der Waals surface area contributed by atoms with E-state index in [1.54, 1.807) is 18.2 Å². The Kier molecular flexibility index (Phi) is 3.99. The van der Waals surface area contributed by atoms with Gasteiger partial charge in [-0.1, -0.05) is 6.07 Å². The summed E-state index contributed by atoms with van der Waals surface area (Å²) in [6.07, 6.45) is 1.01. The summed E-state index contributed by atoms with van der Waals surface area (Å²) in [5.41, 5.74) is 0.551. The third-order valence-electron chi connectivity index (χ3n) is 2.45. The van der Waals surface area contributed by atoms with Gasteiger partial charge in [0.1, 0.15) is 11.9 Å². The lowest BCUT2D eigenvalue weighted by molar-refractivity contribution is -0.386. The quantitative estimate of drug-likeness (QED) is 0.490. The van der Waals surface area contributed by atoms with E-state index in [4.69, 9.17) is 16.3 Å². The number of benzene rings is 1. The van der Waals surface area contributed by atoms with E-state index in [-0.39, 0.29) is 16.9 Å². The molecule has 0 saturated heterocycles. The largest absolute Gasteiger partial charge is 0.433 e. The van der Waals surface area contributed by atoms with Crippen LogP contribution in [0.15, 0.2) is 30.5 Å². The molecule has 0 aliphatic carbocycles. The summed E-state index contributed by atoms with van der Waals surface area (Å²) in [6, 6.07) is 7.07. The highest BCUT2D eigenvalue weighted by atomic mass is 35.5. The van der Waals surface area contributed by atoms with Crippen molar-refractivity contribution in [1.82, 2.24) is 9.97 Å². The summed E-state index contributed by atoms with van der Waals surface area (Å²) < 4.78 is 5.44. The van der Waals surface area contributed by atoms with Gasteiger partial charge in [0.05, 0.1) is 4.92 Å². The smallest absolute Gasteiger partial charge is 0.349 e. The summed E-state index contributed by atoms with van der Waals surface area (Å²) in [7, 11) is 3.76. The molecule has 2 aromatic rings. The first-order valence-corrected chi connectivity index (χ1v) is 5.97. The van der Waals surface area contributed by atoms with Crippen molar-refractivity contribution in [1.29, 1.82) is 0 Å². The molecule has 1 aromatic carbocycles. The molecule has 104 valence electrons. The maximum Gasteiger partial charge on any atom is 0.349 e. The maximum absolute atomic E-state index is 10.9. The number of nitrogens with zero attached hydrogens (tertiary/aromatic N) is 4. The number of aromatic nitrogens is 2. The van der Waals surface area contributed by atoms with Gasteiger partial charge in [0.25, 0.3) is 0 Å². The molecule has 0 saturated carbocycles. The Bertz CT molecular complexity index is 648. The normalized spacial score (nSPS) is 10.2. The molecule has 0 atom stereocenters. The highest BCUT2D eigenvalue weighted by molar-refractivity contribution is 6.28. The molecule has 0 aliphatic heterocycles. The van der Waals surface area contributed by atoms with Gasteiger partial charge in [-0.05, 0) is 23.7 Å². The lowest BCUT2D eigenvalue weighted by atomic mass is 10.3. The predicted molar refractivity (Wildman–Crippen MR) is 74.5 cm³/mol. The van der Waals surface area contributed by atoms with E-state index >= 15 is 0 Å². The van der Waals surface area contributed by atoms with Crippen molar-refractivity contribution in [3.05, 3.63) is 45.9 Å². The van der Waals surface area contributed by atoms with E-state index in [2.05, 4.69) is 9.97 Å². The van der Waals surface area contributed by atoms with Crippen LogP contribution in [0.2, 0.25) is 5.28 Å². The van der Waals surface area contributed by atoms with Crippen molar-refractivity contribution in [3.63, 3.8) is 0 Å². The van der Waals surface area contributed by atoms with Crippen molar-refractivity contribution in [3.8, 4) is 11.6 Å². The van der Waals surface area contributed by atoms with Crippen LogP contribution in [0.4, 0.5) is 11.4 Å². The Labute approximate surface area is 119 Å². The second-order valence-electron chi connectivity index (χ2n) is 4.08. The second kappa shape index (κ2) is 5.70. The Morgan fingerprint density at radius 1 is 1.40 bits per heavy atom. The number of halogens is 1. The van der Waals surface area contributed by atoms with Gasteiger partial charge in [0, 0.05) is 25.8 Å². The molecule has 0 spiro atoms. The van der Waals surface area contributed by atoms with Crippen LogP contribution < -0.4 is 9.64 Å². The van der Waals surface area contributed by atoms with Gasteiger partial charge in [0.2, 0.25) is 5.28 Å². The van der Waals surface area contributed by atoms with Gasteiger partial charge in [-0.15, -0.1) is 0 Å². The Morgan fingerprint density at radius 2 is 2.15 bits per heavy atom. The van der Waals surface area contributed by atoms with Crippen molar-refractivity contribution >= 4 is 23.0 Å². The maximum atomic E-state index is 10.9. The Morgan fingerprint density at radius 3 is 2.80 bits per heavy atom. The first-order valence-electron chi connectivity index (χ1n) is 5.59. The van der Waals surface area contributed by atoms with E-state index in [1.165, 1.54) is 0 Å². The van der Waals surface area contributed by atoms with Gasteiger partial charge in [-0.3, -0.25) is 10.1 Å². The van der Waals surface area contributed by atoms with E-state index in [9.17, 15) is 10.1 Å². The fraction of sp³-hybridized carbons (Fsp3) is 0.167. The molecule has 0 bridgehead atoms. The van der Waals surface area contributed by atoms with Gasteiger partial charge < -0.3 is 9.64 Å². The van der Waals surface area contributed by atoms with Crippen LogP contribution in [-0.2, 0) is 0 Å². The number of hydrogen-bond donors (Lipinski definition) is 0. The molecule has 20 heavy (non-hydrogen) atoms. The molecular weight excluding hydrogens is 284 g/mol. The van der Waals surface area contributed by atoms with Gasteiger partial charge in [0.15, 0.2) is 0 Å². The summed E-state index contributed by atoms with van der Waals surface area (Å²) >= 11 is 5.64.